The number of nitrogens with one attached hydrogen (secondary N) is 1. The molecule has 0 radical (unpaired) electrons. The van der Waals surface area contributed by atoms with Gasteiger partial charge in [0, 0.05) is 26.5 Å². The van der Waals surface area contributed by atoms with Crippen LogP contribution in [-0.2, 0) is 9.47 Å². The standard InChI is InChI=1S/C12H19ClN2O2/c1-16-8-9-17-7-3-2-6-14-12-5-4-11(13)10-15-12/h4-5,10H,2-3,6-9H2,1H3,(H,14,15). The first kappa shape index (κ1) is 14.2. The predicted molar refractivity (Wildman–Crippen MR) is 69.7 cm³/mol. The molecule has 5 heteroatoms. The minimum absolute atomic E-state index is 0.655. The molecule has 0 aliphatic carbocycles. The Kier molecular flexibility index (Phi) is 7.71. The molecule has 0 bridgehead atoms. The third-order valence-electron chi connectivity index (χ3n) is 2.18. The van der Waals surface area contributed by atoms with Gasteiger partial charge in [0.2, 0.25) is 0 Å². The van der Waals surface area contributed by atoms with Gasteiger partial charge >= 0.3 is 0 Å². The molecule has 96 valence electrons. The summed E-state index contributed by atoms with van der Waals surface area (Å²) in [6, 6.07) is 3.70. The van der Waals surface area contributed by atoms with Crippen molar-refractivity contribution in [3.05, 3.63) is 23.4 Å². The van der Waals surface area contributed by atoms with Crippen molar-refractivity contribution in [1.82, 2.24) is 4.98 Å². The van der Waals surface area contributed by atoms with E-state index in [1.54, 1.807) is 13.3 Å². The predicted octanol–water partition coefficient (Wildman–Crippen LogP) is 2.59. The van der Waals surface area contributed by atoms with Crippen molar-refractivity contribution in [2.45, 2.75) is 12.8 Å². The Hall–Kier alpha value is -0.840. The molecule has 1 aromatic rings. The Labute approximate surface area is 107 Å². The van der Waals surface area contributed by atoms with Crippen LogP contribution in [0.5, 0.6) is 0 Å². The zero-order chi connectivity index (χ0) is 12.3. The highest BCUT2D eigenvalue weighted by Crippen LogP contribution is 2.09. The summed E-state index contributed by atoms with van der Waals surface area (Å²) in [4.78, 5) is 4.15. The molecule has 1 aromatic heterocycles. The molecular formula is C12H19ClN2O2. The van der Waals surface area contributed by atoms with Crippen LogP contribution in [0.25, 0.3) is 0 Å². The van der Waals surface area contributed by atoms with Crippen molar-refractivity contribution >= 4 is 17.4 Å². The summed E-state index contributed by atoms with van der Waals surface area (Å²) in [6.45, 7) is 3.00. The molecule has 0 saturated heterocycles. The minimum Gasteiger partial charge on any atom is -0.382 e. The monoisotopic (exact) mass is 258 g/mol. The minimum atomic E-state index is 0.655. The van der Waals surface area contributed by atoms with Gasteiger partial charge in [0.25, 0.3) is 0 Å². The van der Waals surface area contributed by atoms with Crippen LogP contribution < -0.4 is 5.32 Å². The number of hydrogen-bond acceptors (Lipinski definition) is 4. The fraction of sp³-hybridized carbons (Fsp3) is 0.583. The van der Waals surface area contributed by atoms with E-state index in [0.717, 1.165) is 31.8 Å². The number of anilines is 1. The second-order valence-electron chi connectivity index (χ2n) is 3.60. The number of methoxy groups -OCH3 is 1. The average Bonchev–Trinajstić information content (AvgIpc) is 2.35. The Morgan fingerprint density at radius 3 is 2.82 bits per heavy atom. The van der Waals surface area contributed by atoms with E-state index in [-0.39, 0.29) is 0 Å². The number of unbranched alkanes of at least 4 members (excludes halogenated alkanes) is 1. The number of aromatic nitrogens is 1. The van der Waals surface area contributed by atoms with Crippen molar-refractivity contribution in [2.24, 2.45) is 0 Å². The molecule has 1 heterocycles. The molecule has 0 amide bonds. The SMILES string of the molecule is COCCOCCCCNc1ccc(Cl)cn1. The number of hydrogen-bond donors (Lipinski definition) is 1. The highest BCUT2D eigenvalue weighted by molar-refractivity contribution is 6.30. The van der Waals surface area contributed by atoms with Gasteiger partial charge in [0.05, 0.1) is 18.2 Å². The van der Waals surface area contributed by atoms with Crippen LogP contribution in [0.2, 0.25) is 5.02 Å². The van der Waals surface area contributed by atoms with Crippen LogP contribution in [0, 0.1) is 0 Å². The van der Waals surface area contributed by atoms with E-state index in [1.807, 2.05) is 12.1 Å². The fourth-order valence-electron chi connectivity index (χ4n) is 1.27. The summed E-state index contributed by atoms with van der Waals surface area (Å²) in [5, 5.41) is 3.88. The van der Waals surface area contributed by atoms with E-state index >= 15 is 0 Å². The van der Waals surface area contributed by atoms with Crippen LogP contribution in [-0.4, -0.2) is 38.5 Å². The highest BCUT2D eigenvalue weighted by atomic mass is 35.5. The van der Waals surface area contributed by atoms with Crippen molar-refractivity contribution in [3.63, 3.8) is 0 Å². The Balaban J connectivity index is 1.95. The van der Waals surface area contributed by atoms with Gasteiger partial charge in [-0.1, -0.05) is 11.6 Å². The summed E-state index contributed by atoms with van der Waals surface area (Å²) >= 11 is 5.74. The zero-order valence-corrected chi connectivity index (χ0v) is 10.9. The molecule has 0 aromatic carbocycles. The molecule has 0 fully saturated rings. The fourth-order valence-corrected chi connectivity index (χ4v) is 1.38. The summed E-state index contributed by atoms with van der Waals surface area (Å²) in [7, 11) is 1.67. The Morgan fingerprint density at radius 2 is 2.12 bits per heavy atom. The van der Waals surface area contributed by atoms with Gasteiger partial charge < -0.3 is 14.8 Å². The van der Waals surface area contributed by atoms with Crippen molar-refractivity contribution < 1.29 is 9.47 Å². The van der Waals surface area contributed by atoms with E-state index in [2.05, 4.69) is 10.3 Å². The summed E-state index contributed by atoms with van der Waals surface area (Å²) in [6.07, 6.45) is 3.72. The van der Waals surface area contributed by atoms with Gasteiger partial charge in [-0.2, -0.15) is 0 Å². The van der Waals surface area contributed by atoms with Crippen molar-refractivity contribution in [1.29, 1.82) is 0 Å². The smallest absolute Gasteiger partial charge is 0.125 e. The maximum Gasteiger partial charge on any atom is 0.125 e. The second kappa shape index (κ2) is 9.22. The van der Waals surface area contributed by atoms with E-state index in [0.29, 0.717) is 18.2 Å². The molecule has 0 spiro atoms. The number of nitrogens with zero attached hydrogens (tertiary/aromatic N) is 1. The lowest BCUT2D eigenvalue weighted by atomic mass is 10.3. The zero-order valence-electron chi connectivity index (χ0n) is 10.1. The first-order chi connectivity index (χ1) is 8.33. The molecule has 4 nitrogen and oxygen atoms in total. The second-order valence-corrected chi connectivity index (χ2v) is 4.04. The van der Waals surface area contributed by atoms with Crippen LogP contribution in [0.1, 0.15) is 12.8 Å². The van der Waals surface area contributed by atoms with Crippen LogP contribution in [0.15, 0.2) is 18.3 Å². The van der Waals surface area contributed by atoms with Crippen LogP contribution >= 0.6 is 11.6 Å². The summed E-state index contributed by atoms with van der Waals surface area (Å²) in [5.41, 5.74) is 0. The van der Waals surface area contributed by atoms with E-state index < -0.39 is 0 Å². The molecule has 17 heavy (non-hydrogen) atoms. The summed E-state index contributed by atoms with van der Waals surface area (Å²) in [5.74, 6) is 0.856. The normalized spacial score (nSPS) is 10.5. The largest absolute Gasteiger partial charge is 0.382 e. The lowest BCUT2D eigenvalue weighted by Crippen LogP contribution is -2.06. The average molecular weight is 259 g/mol. The molecule has 0 unspecified atom stereocenters. The van der Waals surface area contributed by atoms with Crippen LogP contribution in [0.4, 0.5) is 5.82 Å². The van der Waals surface area contributed by atoms with Gasteiger partial charge in [-0.05, 0) is 25.0 Å². The van der Waals surface area contributed by atoms with E-state index in [1.165, 1.54) is 0 Å². The number of halogens is 1. The lowest BCUT2D eigenvalue weighted by molar-refractivity contribution is 0.0691. The van der Waals surface area contributed by atoms with Gasteiger partial charge in [-0.3, -0.25) is 0 Å². The number of pyridine rings is 1. The molecule has 0 saturated carbocycles. The summed E-state index contributed by atoms with van der Waals surface area (Å²) < 4.78 is 10.2. The molecule has 0 aliphatic heterocycles. The topological polar surface area (TPSA) is 43.4 Å². The van der Waals surface area contributed by atoms with Gasteiger partial charge in [-0.25, -0.2) is 4.98 Å². The molecular weight excluding hydrogens is 240 g/mol. The van der Waals surface area contributed by atoms with Gasteiger partial charge in [-0.15, -0.1) is 0 Å². The van der Waals surface area contributed by atoms with Crippen LogP contribution in [0.3, 0.4) is 0 Å². The Bertz CT molecular complexity index is 293. The maximum atomic E-state index is 5.74. The van der Waals surface area contributed by atoms with Crippen molar-refractivity contribution in [2.75, 3.05) is 38.8 Å². The molecule has 0 aliphatic rings. The number of ether oxygens (including phenoxy) is 2. The first-order valence-corrected chi connectivity index (χ1v) is 6.13. The highest BCUT2D eigenvalue weighted by Gasteiger charge is 1.94. The van der Waals surface area contributed by atoms with Crippen molar-refractivity contribution in [3.8, 4) is 0 Å². The van der Waals surface area contributed by atoms with Gasteiger partial charge in [0.15, 0.2) is 0 Å². The lowest BCUT2D eigenvalue weighted by Gasteiger charge is -2.06. The maximum absolute atomic E-state index is 5.74. The van der Waals surface area contributed by atoms with Gasteiger partial charge in [0.1, 0.15) is 5.82 Å². The molecule has 1 N–H and O–H groups in total. The van der Waals surface area contributed by atoms with E-state index in [9.17, 15) is 0 Å². The molecule has 1 rings (SSSR count). The van der Waals surface area contributed by atoms with E-state index in [4.69, 9.17) is 21.1 Å². The first-order valence-electron chi connectivity index (χ1n) is 5.75. The quantitative estimate of drug-likeness (QED) is 0.692. The Morgan fingerprint density at radius 1 is 1.24 bits per heavy atom. The molecule has 0 atom stereocenters. The third-order valence-corrected chi connectivity index (χ3v) is 2.40. The third kappa shape index (κ3) is 7.15. The number of rotatable bonds is 9.